The molecule has 0 aromatic heterocycles. The summed E-state index contributed by atoms with van der Waals surface area (Å²) in [5.74, 6) is 27.1. The SMILES string of the molecule is CC(C)CCCCCC[C@@H](C)[C@H]1CCC2C3C(CC[C@@]21C)[C@@]1(C)CC[C@H](O)CC1=C[C@H]3O.CC(C)CCC[C@@H](C)C[C@H]1CCC2C3CC[C@H]4CC(=O)CC[C@]4(C)C3CC[C@@]21C.CC[C@@H](C)CCC[C@@H](C)[C@H]1CCC2C3CC[C@H]4CCCC[C@]4(C)C3CC[C@@]21C.CC[C@@H](C)[C@H]1CCC2C3CC[C@@H]4CCCC[C@]4(C)C3CC[C@@]21C.C[C@]12CC[C@@H]3[C@H](CCC4=CC(=O)CC[C@]43C)[C@@H]1CC[C@@H]2O. The summed E-state index contributed by atoms with van der Waals surface area (Å²) >= 11 is 0. The molecule has 133 heavy (non-hydrogen) atoms. The zero-order chi connectivity index (χ0) is 94.9. The van der Waals surface area contributed by atoms with Gasteiger partial charge < -0.3 is 15.3 Å². The van der Waals surface area contributed by atoms with E-state index in [2.05, 4.69) is 151 Å². The van der Waals surface area contributed by atoms with Crippen LogP contribution in [0.15, 0.2) is 23.3 Å². The largest absolute Gasteiger partial charge is 0.393 e. The molecular weight excluding hydrogens is 1620 g/mol. The van der Waals surface area contributed by atoms with Gasteiger partial charge in [-0.15, -0.1) is 0 Å². The minimum absolute atomic E-state index is 0.0823. The molecule has 0 saturated heterocycles. The standard InChI is InChI=1S/C30H52O2.C28H48O.C28H50.C23H40.C19H28O2/c1-20(2)10-8-6-7-9-11-21(3)24-12-13-25-28-26(15-17-30(24,25)5)29(4)16-14-23(31)18-22(29)19-27(28)32;1-19(2)7-6-8-20(3)17-21-10-12-25-24-11-9-22-18-23(29)13-15-27(22,4)26(24)14-16-28(21,25)5;1-6-20(2)10-9-11-21(3)24-15-16-25-23-14-13-22-12-7-8-18-27(22,4)26(23)17-19-28(24,25)5;1-5-16(2)19-11-12-20-18-10-9-17-8-6-7-14-22(17,3)21(18)13-15-23(19,20)4;1-18-9-7-13(20)11-12(18)3-4-14-15-5-6-17(21)19(15,2)10-8-16(14)18/h19-21,23-28,31-32H,6-18H2,1-5H3;19-22,24-26H,6-18H2,1-5H3;20-26H,6-19H2,1-5H3;16-21H,5-15H2,1-4H3;11,14-17,21H,3-10H2,1-2H3/t21-,23+,24-,25?,26?,27-,28?,29+,30-;20-,21-,22+,24?,25?,26?,27+,28-;20-,21-,22-,23?,24-,25?,26?,27+,28-;16-,17+,18?,19-,20?,21?,22+,23-;14-,15+,16-,17+,18-,19+/m11111/s1. The van der Waals surface area contributed by atoms with Gasteiger partial charge in [-0.3, -0.25) is 9.59 Å². The van der Waals surface area contributed by atoms with Crippen LogP contribution < -0.4 is 0 Å². The number of Topliss-reactive ketones (excluding diaryl/α,β-unsaturated/α-hetero) is 1. The van der Waals surface area contributed by atoms with Crippen molar-refractivity contribution in [2.24, 2.45) is 226 Å². The summed E-state index contributed by atoms with van der Waals surface area (Å²) in [5, 5.41) is 32.0. The van der Waals surface area contributed by atoms with Gasteiger partial charge in [-0.1, -0.05) is 278 Å². The first-order valence-corrected chi connectivity index (χ1v) is 60.8. The monoisotopic (exact) mass is 1840 g/mol. The van der Waals surface area contributed by atoms with Crippen molar-refractivity contribution >= 4 is 11.6 Å². The van der Waals surface area contributed by atoms with Gasteiger partial charge in [0.05, 0.1) is 18.3 Å². The molecule has 0 bridgehead atoms. The molecule has 0 aromatic rings. The second-order valence-electron chi connectivity index (χ2n) is 57.9. The van der Waals surface area contributed by atoms with E-state index in [0.717, 1.165) is 205 Å². The first kappa shape index (κ1) is 105. The number of aliphatic hydroxyl groups excluding tert-OH is 3. The Hall–Kier alpha value is -1.30. The Morgan fingerprint density at radius 3 is 1.36 bits per heavy atom. The summed E-state index contributed by atoms with van der Waals surface area (Å²) in [6.45, 7) is 52.9. The zero-order valence-corrected chi connectivity index (χ0v) is 91.5. The number of aliphatic hydroxyl groups is 3. The topological polar surface area (TPSA) is 94.8 Å². The number of hydrogen-bond donors (Lipinski definition) is 3. The second-order valence-corrected chi connectivity index (χ2v) is 57.9. The molecule has 760 valence electrons. The van der Waals surface area contributed by atoms with Crippen LogP contribution >= 0.6 is 0 Å². The molecule has 20 rings (SSSR count). The van der Waals surface area contributed by atoms with Crippen molar-refractivity contribution in [1.82, 2.24) is 0 Å². The first-order chi connectivity index (χ1) is 63.3. The molecule has 0 heterocycles. The minimum Gasteiger partial charge on any atom is -0.393 e. The molecule has 20 aliphatic rings. The van der Waals surface area contributed by atoms with E-state index in [4.69, 9.17) is 0 Å². The van der Waals surface area contributed by atoms with Gasteiger partial charge in [0.1, 0.15) is 5.78 Å². The Bertz CT molecular complexity index is 3860. The third-order valence-electron chi connectivity index (χ3n) is 51.2. The van der Waals surface area contributed by atoms with E-state index in [1.165, 1.54) is 229 Å². The van der Waals surface area contributed by atoms with Crippen molar-refractivity contribution in [3.05, 3.63) is 23.3 Å². The Morgan fingerprint density at radius 2 is 0.774 bits per heavy atom. The molecule has 20 aliphatic carbocycles. The smallest absolute Gasteiger partial charge is 0.155 e. The van der Waals surface area contributed by atoms with E-state index in [-0.39, 0.29) is 34.6 Å². The van der Waals surface area contributed by atoms with Gasteiger partial charge in [0.15, 0.2) is 5.78 Å². The van der Waals surface area contributed by atoms with Crippen LogP contribution in [0.4, 0.5) is 0 Å². The van der Waals surface area contributed by atoms with Crippen molar-refractivity contribution in [3.8, 4) is 0 Å². The van der Waals surface area contributed by atoms with Gasteiger partial charge in [-0.25, -0.2) is 0 Å². The molecule has 18 fully saturated rings. The van der Waals surface area contributed by atoms with Crippen LogP contribution in [0, 0.1) is 226 Å². The van der Waals surface area contributed by atoms with Crippen LogP contribution in [0.1, 0.15) is 524 Å². The van der Waals surface area contributed by atoms with E-state index in [0.29, 0.717) is 73.6 Å². The van der Waals surface area contributed by atoms with E-state index < -0.39 is 0 Å². The Balaban J connectivity index is 0.000000122. The molecule has 0 radical (unpaired) electrons. The van der Waals surface area contributed by atoms with E-state index in [1.807, 2.05) is 6.08 Å². The maximum absolute atomic E-state index is 12.1. The molecule has 18 saturated carbocycles. The Kier molecular flexibility index (Phi) is 33.3. The summed E-state index contributed by atoms with van der Waals surface area (Å²) in [6.07, 6.45) is 84.6. The maximum atomic E-state index is 12.1. The lowest BCUT2D eigenvalue weighted by atomic mass is 9.44. The van der Waals surface area contributed by atoms with Gasteiger partial charge in [-0.2, -0.15) is 0 Å². The number of unbranched alkanes of at least 4 members (excludes halogenated alkanes) is 3. The number of rotatable bonds is 22. The van der Waals surface area contributed by atoms with Gasteiger partial charge in [-0.05, 0) is 476 Å². The third kappa shape index (κ3) is 20.0. The third-order valence-corrected chi connectivity index (χ3v) is 51.2. The molecule has 5 heteroatoms. The molecule has 0 spiro atoms. The molecule has 12 unspecified atom stereocenters. The highest BCUT2D eigenvalue weighted by atomic mass is 16.3. The van der Waals surface area contributed by atoms with Crippen molar-refractivity contribution < 1.29 is 24.9 Å². The van der Waals surface area contributed by atoms with E-state index in [9.17, 15) is 24.9 Å². The Labute approximate surface area is 822 Å². The molecule has 5 nitrogen and oxygen atoms in total. The average Bonchev–Trinajstić information content (AvgIpc) is 1.69. The number of carbonyl (C=O) groups is 2. The predicted molar refractivity (Wildman–Crippen MR) is 561 cm³/mol. The van der Waals surface area contributed by atoms with Crippen LogP contribution in [-0.4, -0.2) is 45.2 Å². The van der Waals surface area contributed by atoms with Crippen LogP contribution in [-0.2, 0) is 9.59 Å². The average molecular weight is 1840 g/mol. The number of ketones is 2. The summed E-state index contributed by atoms with van der Waals surface area (Å²) in [5.41, 5.74) is 7.76. The van der Waals surface area contributed by atoms with Crippen LogP contribution in [0.3, 0.4) is 0 Å². The molecule has 40 atom stereocenters. The lowest BCUT2D eigenvalue weighted by Gasteiger charge is -2.61. The summed E-state index contributed by atoms with van der Waals surface area (Å²) in [7, 11) is 0. The molecule has 3 N–H and O–H groups in total. The summed E-state index contributed by atoms with van der Waals surface area (Å²) in [4.78, 5) is 23.9. The molecule has 0 aromatic carbocycles. The van der Waals surface area contributed by atoms with Crippen LogP contribution in [0.25, 0.3) is 0 Å². The molecule has 0 aliphatic heterocycles. The van der Waals surface area contributed by atoms with Gasteiger partial charge in [0.2, 0.25) is 0 Å². The number of hydrogen-bond acceptors (Lipinski definition) is 5. The lowest BCUT2D eigenvalue weighted by Crippen LogP contribution is -2.54. The molecular formula is C128H218O5. The fourth-order valence-electron chi connectivity index (χ4n) is 42.7. The highest BCUT2D eigenvalue weighted by Crippen LogP contribution is 2.75. The van der Waals surface area contributed by atoms with Crippen molar-refractivity contribution in [1.29, 1.82) is 0 Å². The normalized spacial score (nSPS) is 48.4. The van der Waals surface area contributed by atoms with Gasteiger partial charge in [0.25, 0.3) is 0 Å². The highest BCUT2D eigenvalue weighted by molar-refractivity contribution is 5.91. The first-order valence-electron chi connectivity index (χ1n) is 60.8. The van der Waals surface area contributed by atoms with Gasteiger partial charge in [0, 0.05) is 19.3 Å². The maximum Gasteiger partial charge on any atom is 0.155 e. The van der Waals surface area contributed by atoms with E-state index >= 15 is 0 Å². The van der Waals surface area contributed by atoms with Gasteiger partial charge >= 0.3 is 0 Å². The zero-order valence-electron chi connectivity index (χ0n) is 91.5. The summed E-state index contributed by atoms with van der Waals surface area (Å²) < 4.78 is 0. The van der Waals surface area contributed by atoms with Crippen molar-refractivity contribution in [2.75, 3.05) is 0 Å². The van der Waals surface area contributed by atoms with Crippen LogP contribution in [0.5, 0.6) is 0 Å². The van der Waals surface area contributed by atoms with E-state index in [1.54, 1.807) is 103 Å². The lowest BCUT2D eigenvalue weighted by molar-refractivity contribution is -0.139. The number of fused-ring (bicyclic) bond motifs is 25. The second kappa shape index (κ2) is 42.4. The number of carbonyl (C=O) groups excluding carboxylic acids is 2. The molecule has 0 amide bonds. The fraction of sp³-hybridized carbons (Fsp3) is 0.953. The quantitative estimate of drug-likeness (QED) is 0.0742. The minimum atomic E-state index is -0.298. The van der Waals surface area contributed by atoms with Crippen molar-refractivity contribution in [2.45, 2.75) is 543 Å². The highest BCUT2D eigenvalue weighted by Gasteiger charge is 2.67. The summed E-state index contributed by atoms with van der Waals surface area (Å²) in [6, 6.07) is 0. The van der Waals surface area contributed by atoms with Crippen molar-refractivity contribution in [3.63, 3.8) is 0 Å². The van der Waals surface area contributed by atoms with Crippen LogP contribution in [0.2, 0.25) is 0 Å². The fourth-order valence-corrected chi connectivity index (χ4v) is 42.7. The predicted octanol–water partition coefficient (Wildman–Crippen LogP) is 35.4. The number of allylic oxidation sites excluding steroid dienone is 1. The Morgan fingerprint density at radius 1 is 0.323 bits per heavy atom.